The number of rotatable bonds is 4. The van der Waals surface area contributed by atoms with Crippen LogP contribution in [0.15, 0.2) is 12.7 Å². The van der Waals surface area contributed by atoms with Gasteiger partial charge in [-0.3, -0.25) is 4.79 Å². The average molecular weight is 127 g/mol. The van der Waals surface area contributed by atoms with Gasteiger partial charge < -0.3 is 5.73 Å². The van der Waals surface area contributed by atoms with Gasteiger partial charge in [0, 0.05) is 18.9 Å². The Morgan fingerprint density at radius 2 is 2.44 bits per heavy atom. The minimum absolute atomic E-state index is 0.0111. The van der Waals surface area contributed by atoms with Gasteiger partial charge in [-0.1, -0.05) is 13.0 Å². The fourth-order valence-corrected chi connectivity index (χ4v) is 0.475. The maximum atomic E-state index is 10.8. The van der Waals surface area contributed by atoms with Crippen LogP contribution in [0.2, 0.25) is 0 Å². The van der Waals surface area contributed by atoms with Gasteiger partial charge in [0.15, 0.2) is 0 Å². The zero-order valence-electron chi connectivity index (χ0n) is 5.76. The normalized spacial score (nSPS) is 12.7. The van der Waals surface area contributed by atoms with Crippen LogP contribution in [0, 0.1) is 5.92 Å². The second kappa shape index (κ2) is 4.27. The third-order valence-electron chi connectivity index (χ3n) is 1.25. The van der Waals surface area contributed by atoms with Gasteiger partial charge in [0.2, 0.25) is 0 Å². The van der Waals surface area contributed by atoms with Crippen molar-refractivity contribution >= 4 is 5.78 Å². The smallest absolute Gasteiger partial charge is 0.140 e. The predicted octanol–water partition coefficient (Wildman–Crippen LogP) is 0.726. The van der Waals surface area contributed by atoms with E-state index in [4.69, 9.17) is 5.73 Å². The van der Waals surface area contributed by atoms with Gasteiger partial charge in [0.05, 0.1) is 0 Å². The van der Waals surface area contributed by atoms with E-state index in [1.54, 1.807) is 6.08 Å². The van der Waals surface area contributed by atoms with E-state index < -0.39 is 0 Å². The summed E-state index contributed by atoms with van der Waals surface area (Å²) in [7, 11) is 0. The van der Waals surface area contributed by atoms with E-state index in [9.17, 15) is 4.79 Å². The molecule has 2 heteroatoms. The highest BCUT2D eigenvalue weighted by Gasteiger charge is 2.07. The van der Waals surface area contributed by atoms with E-state index in [1.165, 1.54) is 0 Å². The van der Waals surface area contributed by atoms with E-state index >= 15 is 0 Å². The van der Waals surface area contributed by atoms with Crippen LogP contribution in [0.1, 0.15) is 13.3 Å². The molecule has 0 radical (unpaired) electrons. The van der Waals surface area contributed by atoms with Gasteiger partial charge in [0.25, 0.3) is 0 Å². The van der Waals surface area contributed by atoms with Crippen molar-refractivity contribution < 1.29 is 4.79 Å². The molecule has 0 aromatic rings. The zero-order chi connectivity index (χ0) is 7.28. The highest BCUT2D eigenvalue weighted by molar-refractivity contribution is 5.82. The first-order valence-corrected chi connectivity index (χ1v) is 3.06. The van der Waals surface area contributed by atoms with E-state index in [1.807, 2.05) is 6.92 Å². The first-order chi connectivity index (χ1) is 4.22. The van der Waals surface area contributed by atoms with Crippen LogP contribution in [0.4, 0.5) is 0 Å². The molecule has 1 atom stereocenters. The monoisotopic (exact) mass is 127 g/mol. The van der Waals surface area contributed by atoms with Crippen LogP contribution in [-0.4, -0.2) is 12.3 Å². The Hall–Kier alpha value is -0.630. The summed E-state index contributed by atoms with van der Waals surface area (Å²) in [6.45, 7) is 5.72. The number of hydrogen-bond acceptors (Lipinski definition) is 2. The van der Waals surface area contributed by atoms with Crippen molar-refractivity contribution in [2.45, 2.75) is 13.3 Å². The quantitative estimate of drug-likeness (QED) is 0.565. The third-order valence-corrected chi connectivity index (χ3v) is 1.25. The average Bonchev–Trinajstić information content (AvgIpc) is 1.87. The lowest BCUT2D eigenvalue weighted by Gasteiger charge is -2.02. The van der Waals surface area contributed by atoms with Gasteiger partial charge in [-0.2, -0.15) is 0 Å². The summed E-state index contributed by atoms with van der Waals surface area (Å²) in [5.74, 6) is 0.163. The Labute approximate surface area is 55.7 Å². The summed E-state index contributed by atoms with van der Waals surface area (Å²) in [5, 5.41) is 0. The summed E-state index contributed by atoms with van der Waals surface area (Å²) >= 11 is 0. The molecule has 1 unspecified atom stereocenters. The van der Waals surface area contributed by atoms with Gasteiger partial charge in [-0.25, -0.2) is 0 Å². The highest BCUT2D eigenvalue weighted by Crippen LogP contribution is 1.97. The van der Waals surface area contributed by atoms with Crippen LogP contribution in [-0.2, 0) is 4.79 Å². The number of carbonyl (C=O) groups excluding carboxylic acids is 1. The standard InChI is InChI=1S/C7H13NO/c1-3-4-7(9)6(2)5-8/h3,6H,1,4-5,8H2,2H3. The largest absolute Gasteiger partial charge is 0.330 e. The molecule has 2 N–H and O–H groups in total. The topological polar surface area (TPSA) is 43.1 Å². The zero-order valence-corrected chi connectivity index (χ0v) is 5.76. The van der Waals surface area contributed by atoms with Gasteiger partial charge in [-0.15, -0.1) is 6.58 Å². The highest BCUT2D eigenvalue weighted by atomic mass is 16.1. The fraction of sp³-hybridized carbons (Fsp3) is 0.571. The number of ketones is 1. The lowest BCUT2D eigenvalue weighted by Crippen LogP contribution is -2.19. The summed E-state index contributed by atoms with van der Waals surface area (Å²) in [6, 6.07) is 0. The SMILES string of the molecule is C=CCC(=O)C(C)CN. The Bertz CT molecular complexity index is 109. The van der Waals surface area contributed by atoms with Crippen LogP contribution in [0.5, 0.6) is 0 Å². The molecule has 9 heavy (non-hydrogen) atoms. The van der Waals surface area contributed by atoms with Gasteiger partial charge >= 0.3 is 0 Å². The molecule has 0 saturated carbocycles. The first kappa shape index (κ1) is 8.37. The molecule has 0 fully saturated rings. The Kier molecular flexibility index (Phi) is 3.97. The van der Waals surface area contributed by atoms with Crippen molar-refractivity contribution in [2.75, 3.05) is 6.54 Å². The first-order valence-electron chi connectivity index (χ1n) is 3.06. The molecule has 0 aromatic heterocycles. The fourth-order valence-electron chi connectivity index (χ4n) is 0.475. The van der Waals surface area contributed by atoms with Crippen molar-refractivity contribution in [3.63, 3.8) is 0 Å². The molecule has 0 aliphatic heterocycles. The number of nitrogens with two attached hydrogens (primary N) is 1. The molecule has 0 aromatic carbocycles. The van der Waals surface area contributed by atoms with Crippen molar-refractivity contribution in [3.05, 3.63) is 12.7 Å². The van der Waals surface area contributed by atoms with Crippen LogP contribution < -0.4 is 5.73 Å². The molecule has 0 bridgehead atoms. The third kappa shape index (κ3) is 3.03. The van der Waals surface area contributed by atoms with Crippen LogP contribution >= 0.6 is 0 Å². The lowest BCUT2D eigenvalue weighted by molar-refractivity contribution is -0.121. The molecular weight excluding hydrogens is 114 g/mol. The lowest BCUT2D eigenvalue weighted by atomic mass is 10.0. The molecule has 0 amide bonds. The van der Waals surface area contributed by atoms with Crippen LogP contribution in [0.25, 0.3) is 0 Å². The molecule has 0 saturated heterocycles. The minimum Gasteiger partial charge on any atom is -0.330 e. The molecule has 0 aliphatic carbocycles. The summed E-state index contributed by atoms with van der Waals surface area (Å²) in [4.78, 5) is 10.8. The summed E-state index contributed by atoms with van der Waals surface area (Å²) in [5.41, 5.74) is 5.25. The van der Waals surface area contributed by atoms with E-state index in [2.05, 4.69) is 6.58 Å². The number of carbonyl (C=O) groups is 1. The van der Waals surface area contributed by atoms with E-state index in [0.717, 1.165) is 0 Å². The van der Waals surface area contributed by atoms with Crippen molar-refractivity contribution in [1.29, 1.82) is 0 Å². The van der Waals surface area contributed by atoms with Crippen molar-refractivity contribution in [1.82, 2.24) is 0 Å². The van der Waals surface area contributed by atoms with E-state index in [0.29, 0.717) is 13.0 Å². The van der Waals surface area contributed by atoms with Crippen molar-refractivity contribution in [2.24, 2.45) is 11.7 Å². The van der Waals surface area contributed by atoms with Gasteiger partial charge in [0.1, 0.15) is 5.78 Å². The second-order valence-corrected chi connectivity index (χ2v) is 2.10. The number of Topliss-reactive ketones (excluding diaryl/α,β-unsaturated/α-hetero) is 1. The van der Waals surface area contributed by atoms with Crippen molar-refractivity contribution in [3.8, 4) is 0 Å². The number of allylic oxidation sites excluding steroid dienone is 1. The van der Waals surface area contributed by atoms with E-state index in [-0.39, 0.29) is 11.7 Å². The maximum Gasteiger partial charge on any atom is 0.140 e. The summed E-state index contributed by atoms with van der Waals surface area (Å²) in [6.07, 6.45) is 2.05. The molecule has 0 heterocycles. The molecule has 2 nitrogen and oxygen atoms in total. The number of hydrogen-bond donors (Lipinski definition) is 1. The maximum absolute atomic E-state index is 10.8. The second-order valence-electron chi connectivity index (χ2n) is 2.10. The molecular formula is C7H13NO. The Balaban J connectivity index is 3.58. The molecule has 0 aliphatic rings. The predicted molar refractivity (Wildman–Crippen MR) is 38.0 cm³/mol. The summed E-state index contributed by atoms with van der Waals surface area (Å²) < 4.78 is 0. The van der Waals surface area contributed by atoms with Gasteiger partial charge in [-0.05, 0) is 0 Å². The molecule has 0 rings (SSSR count). The molecule has 0 spiro atoms. The molecule has 52 valence electrons. The minimum atomic E-state index is -0.0111. The Morgan fingerprint density at radius 3 is 2.78 bits per heavy atom. The van der Waals surface area contributed by atoms with Crippen LogP contribution in [0.3, 0.4) is 0 Å². The Morgan fingerprint density at radius 1 is 1.89 bits per heavy atom.